The number of aliphatic hydroxyl groups excluding tert-OH is 2. The third-order valence-corrected chi connectivity index (χ3v) is 7.70. The fourth-order valence-electron chi connectivity index (χ4n) is 3.31. The van der Waals surface area contributed by atoms with E-state index in [1.54, 1.807) is 11.8 Å². The lowest BCUT2D eigenvalue weighted by Gasteiger charge is -2.45. The highest BCUT2D eigenvalue weighted by molar-refractivity contribution is 8.06. The molecule has 0 saturated carbocycles. The molecule has 3 heteroatoms. The molecule has 0 heterocycles. The van der Waals surface area contributed by atoms with Gasteiger partial charge in [-0.05, 0) is 57.8 Å². The van der Waals surface area contributed by atoms with E-state index < -0.39 is 0 Å². The van der Waals surface area contributed by atoms with Gasteiger partial charge in [0.1, 0.15) is 0 Å². The van der Waals surface area contributed by atoms with Gasteiger partial charge in [0.15, 0.2) is 0 Å². The topological polar surface area (TPSA) is 40.5 Å². The Labute approximate surface area is 157 Å². The predicted octanol–water partition coefficient (Wildman–Crippen LogP) is 7.28. The van der Waals surface area contributed by atoms with Gasteiger partial charge in [-0.3, -0.25) is 0 Å². The van der Waals surface area contributed by atoms with Gasteiger partial charge in [0.05, 0.1) is 11.5 Å². The van der Waals surface area contributed by atoms with Crippen LogP contribution in [0.15, 0.2) is 45.6 Å². The molecular weight excluding hydrogens is 328 g/mol. The standard InChI is InChI=1S/C22H34O2S/c1-19(2,3)21(7)13-15(9-11-17(21)23)25-16-10-12-18(24)22(8,14-16)20(4,5)6/h9-12,23-24H,13-14H2,1-8H3. The van der Waals surface area contributed by atoms with Gasteiger partial charge in [0.2, 0.25) is 0 Å². The lowest BCUT2D eigenvalue weighted by atomic mass is 9.63. The summed E-state index contributed by atoms with van der Waals surface area (Å²) < 4.78 is 0. The van der Waals surface area contributed by atoms with Crippen LogP contribution in [0.3, 0.4) is 0 Å². The summed E-state index contributed by atoms with van der Waals surface area (Å²) in [5.74, 6) is 0.943. The number of hydrogen-bond acceptors (Lipinski definition) is 3. The number of aliphatic hydroxyl groups is 2. The molecule has 140 valence electrons. The molecule has 0 fully saturated rings. The largest absolute Gasteiger partial charge is 0.512 e. The number of allylic oxidation sites excluding steroid dienone is 8. The van der Waals surface area contributed by atoms with E-state index in [1.807, 2.05) is 24.3 Å². The van der Waals surface area contributed by atoms with Crippen LogP contribution in [-0.2, 0) is 0 Å². The molecule has 0 bridgehead atoms. The lowest BCUT2D eigenvalue weighted by Crippen LogP contribution is -2.37. The zero-order chi connectivity index (χ0) is 19.3. The molecule has 0 aromatic heterocycles. The van der Waals surface area contributed by atoms with E-state index >= 15 is 0 Å². The summed E-state index contributed by atoms with van der Waals surface area (Å²) in [7, 11) is 0. The first-order valence-electron chi connectivity index (χ1n) is 9.09. The predicted molar refractivity (Wildman–Crippen MR) is 110 cm³/mol. The Morgan fingerprint density at radius 1 is 0.720 bits per heavy atom. The van der Waals surface area contributed by atoms with Crippen molar-refractivity contribution in [2.45, 2.75) is 68.2 Å². The first-order chi connectivity index (χ1) is 11.2. The van der Waals surface area contributed by atoms with E-state index in [2.05, 4.69) is 55.4 Å². The van der Waals surface area contributed by atoms with Gasteiger partial charge in [-0.15, -0.1) is 0 Å². The first-order valence-corrected chi connectivity index (χ1v) is 9.91. The van der Waals surface area contributed by atoms with Crippen molar-refractivity contribution in [1.82, 2.24) is 0 Å². The number of rotatable bonds is 2. The van der Waals surface area contributed by atoms with E-state index in [1.165, 1.54) is 9.81 Å². The van der Waals surface area contributed by atoms with Gasteiger partial charge in [-0.1, -0.05) is 67.2 Å². The summed E-state index contributed by atoms with van der Waals surface area (Å²) in [6.45, 7) is 17.4. The highest BCUT2D eigenvalue weighted by Gasteiger charge is 2.45. The average Bonchev–Trinajstić information content (AvgIpc) is 2.44. The molecule has 2 atom stereocenters. The second kappa shape index (κ2) is 6.26. The maximum atomic E-state index is 10.5. The molecule has 0 amide bonds. The summed E-state index contributed by atoms with van der Waals surface area (Å²) in [4.78, 5) is 2.54. The van der Waals surface area contributed by atoms with Crippen LogP contribution in [0.1, 0.15) is 68.2 Å². The van der Waals surface area contributed by atoms with Crippen molar-refractivity contribution in [3.8, 4) is 0 Å². The van der Waals surface area contributed by atoms with Crippen LogP contribution in [0.5, 0.6) is 0 Å². The van der Waals surface area contributed by atoms with Crippen LogP contribution in [0.2, 0.25) is 0 Å². The van der Waals surface area contributed by atoms with E-state index in [9.17, 15) is 10.2 Å². The van der Waals surface area contributed by atoms with Gasteiger partial charge >= 0.3 is 0 Å². The number of hydrogen-bond donors (Lipinski definition) is 2. The summed E-state index contributed by atoms with van der Waals surface area (Å²) >= 11 is 1.79. The summed E-state index contributed by atoms with van der Waals surface area (Å²) in [5.41, 5.74) is -0.561. The minimum atomic E-state index is -0.259. The Kier molecular flexibility index (Phi) is 5.07. The van der Waals surface area contributed by atoms with Crippen molar-refractivity contribution in [3.05, 3.63) is 45.6 Å². The van der Waals surface area contributed by atoms with Crippen LogP contribution in [0.25, 0.3) is 0 Å². The van der Waals surface area contributed by atoms with Crippen LogP contribution >= 0.6 is 11.8 Å². The van der Waals surface area contributed by atoms with Crippen molar-refractivity contribution in [1.29, 1.82) is 0 Å². The Morgan fingerprint density at radius 2 is 1.04 bits per heavy atom. The summed E-state index contributed by atoms with van der Waals surface area (Å²) in [5, 5.41) is 20.9. The molecule has 2 aliphatic rings. The van der Waals surface area contributed by atoms with Gasteiger partial charge in [0, 0.05) is 10.8 Å². The normalized spacial score (nSPS) is 31.0. The molecule has 25 heavy (non-hydrogen) atoms. The summed E-state index contributed by atoms with van der Waals surface area (Å²) in [6.07, 6.45) is 9.47. The molecule has 0 radical (unpaired) electrons. The third kappa shape index (κ3) is 3.58. The fourth-order valence-corrected chi connectivity index (χ4v) is 4.65. The molecule has 2 nitrogen and oxygen atoms in total. The molecule has 0 aromatic rings. The highest BCUT2D eigenvalue weighted by Crippen LogP contribution is 2.55. The zero-order valence-corrected chi connectivity index (χ0v) is 17.8. The van der Waals surface area contributed by atoms with Crippen molar-refractivity contribution < 1.29 is 10.2 Å². The SMILES string of the molecule is CC(C)(C)C1(C)CC(SC2=CC=C(O)C(C)(C(C)(C)C)C2)=CC=C1O. The van der Waals surface area contributed by atoms with Crippen LogP contribution < -0.4 is 0 Å². The van der Waals surface area contributed by atoms with Gasteiger partial charge in [0.25, 0.3) is 0 Å². The smallest absolute Gasteiger partial charge is 0.0990 e. The van der Waals surface area contributed by atoms with Gasteiger partial charge in [-0.2, -0.15) is 0 Å². The Balaban J connectivity index is 2.24. The molecule has 0 aromatic carbocycles. The Morgan fingerprint density at radius 3 is 1.32 bits per heavy atom. The quantitative estimate of drug-likeness (QED) is 0.542. The average molecular weight is 363 g/mol. The monoisotopic (exact) mass is 362 g/mol. The van der Waals surface area contributed by atoms with E-state index in [4.69, 9.17) is 0 Å². The minimum absolute atomic E-state index is 0.0211. The minimum Gasteiger partial charge on any atom is -0.512 e. The highest BCUT2D eigenvalue weighted by atomic mass is 32.2. The number of thioether (sulfide) groups is 1. The first kappa shape index (κ1) is 20.2. The van der Waals surface area contributed by atoms with Crippen molar-refractivity contribution >= 4 is 11.8 Å². The van der Waals surface area contributed by atoms with E-state index in [-0.39, 0.29) is 21.7 Å². The van der Waals surface area contributed by atoms with E-state index in [0.29, 0.717) is 11.5 Å². The van der Waals surface area contributed by atoms with Crippen molar-refractivity contribution in [2.24, 2.45) is 21.7 Å². The molecule has 2 aliphatic carbocycles. The maximum Gasteiger partial charge on any atom is 0.0990 e. The zero-order valence-electron chi connectivity index (χ0n) is 17.0. The molecule has 0 aliphatic heterocycles. The Hall–Kier alpha value is -1.09. The van der Waals surface area contributed by atoms with Crippen LogP contribution in [-0.4, -0.2) is 10.2 Å². The van der Waals surface area contributed by atoms with Crippen molar-refractivity contribution in [3.63, 3.8) is 0 Å². The molecular formula is C22H34O2S. The van der Waals surface area contributed by atoms with Gasteiger partial charge in [-0.25, -0.2) is 0 Å². The molecule has 0 saturated heterocycles. The summed E-state index contributed by atoms with van der Waals surface area (Å²) in [6, 6.07) is 0. The molecule has 2 N–H and O–H groups in total. The Bertz CT molecular complexity index is 609. The molecule has 2 unspecified atom stereocenters. The van der Waals surface area contributed by atoms with Crippen LogP contribution in [0, 0.1) is 21.7 Å². The fraction of sp³-hybridized carbons (Fsp3) is 0.636. The van der Waals surface area contributed by atoms with E-state index in [0.717, 1.165) is 12.8 Å². The second-order valence-electron chi connectivity index (χ2n) is 9.99. The third-order valence-electron chi connectivity index (χ3n) is 6.61. The molecule has 2 rings (SSSR count). The van der Waals surface area contributed by atoms with Crippen LogP contribution in [0.4, 0.5) is 0 Å². The second-order valence-corrected chi connectivity index (χ2v) is 11.2. The lowest BCUT2D eigenvalue weighted by molar-refractivity contribution is 0.0927. The maximum absolute atomic E-state index is 10.5. The molecule has 0 spiro atoms. The van der Waals surface area contributed by atoms with Gasteiger partial charge < -0.3 is 10.2 Å². The van der Waals surface area contributed by atoms with Crippen molar-refractivity contribution in [2.75, 3.05) is 0 Å².